The van der Waals surface area contributed by atoms with Crippen LogP contribution in [0.15, 0.2) is 30.6 Å². The van der Waals surface area contributed by atoms with E-state index in [1.807, 2.05) is 0 Å². The van der Waals surface area contributed by atoms with Gasteiger partial charge in [0.15, 0.2) is 0 Å². The molecule has 0 radical (unpaired) electrons. The van der Waals surface area contributed by atoms with Crippen molar-refractivity contribution in [1.82, 2.24) is 9.97 Å². The van der Waals surface area contributed by atoms with Crippen molar-refractivity contribution in [2.24, 2.45) is 0 Å². The number of benzene rings is 1. The summed E-state index contributed by atoms with van der Waals surface area (Å²) in [5, 5.41) is 13.3. The smallest absolute Gasteiger partial charge is 0.275 e. The quantitative estimate of drug-likeness (QED) is 0.645. The molecule has 8 heteroatoms. The van der Waals surface area contributed by atoms with Crippen LogP contribution in [0.1, 0.15) is 16.1 Å². The van der Waals surface area contributed by atoms with Crippen LogP contribution in [0, 0.1) is 17.0 Å². The Kier molecular flexibility index (Phi) is 3.56. The van der Waals surface area contributed by atoms with Gasteiger partial charge in [0.2, 0.25) is 0 Å². The highest BCUT2D eigenvalue weighted by atomic mass is 16.6. The maximum atomic E-state index is 11.9. The van der Waals surface area contributed by atoms with Crippen LogP contribution in [-0.4, -0.2) is 20.8 Å². The van der Waals surface area contributed by atoms with Gasteiger partial charge in [-0.2, -0.15) is 0 Å². The molecule has 0 bridgehead atoms. The van der Waals surface area contributed by atoms with Crippen LogP contribution in [-0.2, 0) is 0 Å². The van der Waals surface area contributed by atoms with E-state index < -0.39 is 10.8 Å². The predicted octanol–water partition coefficient (Wildman–Crippen LogP) is 1.53. The number of nitrogens with two attached hydrogens (primary N) is 1. The number of rotatable bonds is 3. The number of nitro groups is 1. The van der Waals surface area contributed by atoms with Crippen LogP contribution < -0.4 is 11.1 Å². The summed E-state index contributed by atoms with van der Waals surface area (Å²) in [5.41, 5.74) is 6.20. The molecule has 1 aromatic carbocycles. The Labute approximate surface area is 113 Å². The molecule has 0 spiro atoms. The van der Waals surface area contributed by atoms with Gasteiger partial charge in [0.05, 0.1) is 17.3 Å². The highest BCUT2D eigenvalue weighted by Crippen LogP contribution is 2.22. The lowest BCUT2D eigenvalue weighted by atomic mass is 10.2. The van der Waals surface area contributed by atoms with E-state index >= 15 is 0 Å². The molecule has 0 unspecified atom stereocenters. The molecule has 1 amide bonds. The van der Waals surface area contributed by atoms with E-state index in [1.165, 1.54) is 18.5 Å². The van der Waals surface area contributed by atoms with Gasteiger partial charge < -0.3 is 11.1 Å². The minimum atomic E-state index is -0.518. The van der Waals surface area contributed by atoms with Gasteiger partial charge in [-0.1, -0.05) is 6.07 Å². The number of nitrogens with one attached hydrogen (secondary N) is 1. The van der Waals surface area contributed by atoms with Gasteiger partial charge >= 0.3 is 0 Å². The van der Waals surface area contributed by atoms with Crippen LogP contribution in [0.4, 0.5) is 17.2 Å². The van der Waals surface area contributed by atoms with Crippen LogP contribution in [0.3, 0.4) is 0 Å². The number of aryl methyl sites for hydroxylation is 1. The molecular formula is C12H11N5O3. The van der Waals surface area contributed by atoms with Gasteiger partial charge in [-0.3, -0.25) is 14.9 Å². The number of nitrogens with zero attached hydrogens (tertiary/aromatic N) is 3. The van der Waals surface area contributed by atoms with Crippen molar-refractivity contribution in [3.63, 3.8) is 0 Å². The summed E-state index contributed by atoms with van der Waals surface area (Å²) < 4.78 is 0. The van der Waals surface area contributed by atoms with Crippen molar-refractivity contribution in [1.29, 1.82) is 0 Å². The third-order valence-corrected chi connectivity index (χ3v) is 2.57. The SMILES string of the molecule is Cc1ccc(NC(=O)c2cnc(N)cn2)cc1[N+](=O)[O-]. The Balaban J connectivity index is 2.21. The van der Waals surface area contributed by atoms with Crippen molar-refractivity contribution in [2.45, 2.75) is 6.92 Å². The predicted molar refractivity (Wildman–Crippen MR) is 72.2 cm³/mol. The fraction of sp³-hybridized carbons (Fsp3) is 0.0833. The van der Waals surface area contributed by atoms with Crippen molar-refractivity contribution in [3.05, 3.63) is 52.0 Å². The van der Waals surface area contributed by atoms with Gasteiger partial charge in [0.25, 0.3) is 11.6 Å². The van der Waals surface area contributed by atoms with Gasteiger partial charge in [0, 0.05) is 17.3 Å². The lowest BCUT2D eigenvalue weighted by Gasteiger charge is -2.05. The normalized spacial score (nSPS) is 10.1. The summed E-state index contributed by atoms with van der Waals surface area (Å²) >= 11 is 0. The van der Waals surface area contributed by atoms with Crippen molar-refractivity contribution < 1.29 is 9.72 Å². The lowest BCUT2D eigenvalue weighted by Crippen LogP contribution is -2.14. The molecule has 0 atom stereocenters. The van der Waals surface area contributed by atoms with E-state index in [-0.39, 0.29) is 17.2 Å². The molecule has 2 rings (SSSR count). The fourth-order valence-electron chi connectivity index (χ4n) is 1.53. The molecule has 0 aliphatic rings. The standard InChI is InChI=1S/C12H11N5O3/c1-7-2-3-8(4-10(7)17(19)20)16-12(18)9-5-15-11(13)6-14-9/h2-6H,1H3,(H2,13,15)(H,16,18). The van der Waals surface area contributed by atoms with Crippen molar-refractivity contribution in [2.75, 3.05) is 11.1 Å². The molecule has 0 aliphatic heterocycles. The zero-order chi connectivity index (χ0) is 14.7. The zero-order valence-corrected chi connectivity index (χ0v) is 10.5. The summed E-state index contributed by atoms with van der Waals surface area (Å²) in [4.78, 5) is 29.7. The number of aromatic nitrogens is 2. The van der Waals surface area contributed by atoms with E-state index in [1.54, 1.807) is 19.1 Å². The van der Waals surface area contributed by atoms with E-state index in [4.69, 9.17) is 5.73 Å². The largest absolute Gasteiger partial charge is 0.382 e. The lowest BCUT2D eigenvalue weighted by molar-refractivity contribution is -0.385. The average Bonchev–Trinajstić information content (AvgIpc) is 2.41. The molecule has 20 heavy (non-hydrogen) atoms. The Hall–Kier alpha value is -3.03. The summed E-state index contributed by atoms with van der Waals surface area (Å²) in [5.74, 6) is -0.317. The third-order valence-electron chi connectivity index (χ3n) is 2.57. The minimum Gasteiger partial charge on any atom is -0.382 e. The number of anilines is 2. The highest BCUT2D eigenvalue weighted by Gasteiger charge is 2.13. The maximum absolute atomic E-state index is 11.9. The molecule has 102 valence electrons. The summed E-state index contributed by atoms with van der Waals surface area (Å²) in [7, 11) is 0. The number of carbonyl (C=O) groups is 1. The zero-order valence-electron chi connectivity index (χ0n) is 10.5. The Morgan fingerprint density at radius 1 is 1.35 bits per heavy atom. The van der Waals surface area contributed by atoms with Crippen LogP contribution >= 0.6 is 0 Å². The molecule has 1 aromatic heterocycles. The van der Waals surface area contributed by atoms with E-state index in [2.05, 4.69) is 15.3 Å². The number of hydrogen-bond donors (Lipinski definition) is 2. The molecule has 0 saturated carbocycles. The molecule has 1 heterocycles. The van der Waals surface area contributed by atoms with Gasteiger partial charge in [-0.15, -0.1) is 0 Å². The maximum Gasteiger partial charge on any atom is 0.275 e. The number of nitro benzene ring substituents is 1. The van der Waals surface area contributed by atoms with Crippen molar-refractivity contribution in [3.8, 4) is 0 Å². The molecule has 0 aliphatic carbocycles. The molecule has 0 fully saturated rings. The van der Waals surface area contributed by atoms with Gasteiger partial charge in [-0.25, -0.2) is 9.97 Å². The van der Waals surface area contributed by atoms with Crippen LogP contribution in [0.2, 0.25) is 0 Å². The molecule has 2 aromatic rings. The number of nitrogen functional groups attached to an aromatic ring is 1. The number of carbonyl (C=O) groups excluding carboxylic acids is 1. The Morgan fingerprint density at radius 2 is 2.10 bits per heavy atom. The monoisotopic (exact) mass is 273 g/mol. The van der Waals surface area contributed by atoms with Crippen molar-refractivity contribution >= 4 is 23.1 Å². The minimum absolute atomic E-state index is 0.0637. The first-order valence-corrected chi connectivity index (χ1v) is 5.61. The van der Waals surface area contributed by atoms with Crippen LogP contribution in [0.25, 0.3) is 0 Å². The summed E-state index contributed by atoms with van der Waals surface area (Å²) in [6.45, 7) is 1.62. The van der Waals surface area contributed by atoms with E-state index in [0.29, 0.717) is 11.3 Å². The second-order valence-electron chi connectivity index (χ2n) is 4.04. The third kappa shape index (κ3) is 2.86. The first-order chi connectivity index (χ1) is 9.47. The average molecular weight is 273 g/mol. The van der Waals surface area contributed by atoms with Gasteiger partial charge in [-0.05, 0) is 13.0 Å². The summed E-state index contributed by atoms with van der Waals surface area (Å²) in [6.07, 6.45) is 2.49. The van der Waals surface area contributed by atoms with E-state index in [9.17, 15) is 14.9 Å². The first kappa shape index (κ1) is 13.4. The Bertz CT molecular complexity index is 669. The second-order valence-corrected chi connectivity index (χ2v) is 4.04. The second kappa shape index (κ2) is 5.31. The first-order valence-electron chi connectivity index (χ1n) is 5.61. The fourth-order valence-corrected chi connectivity index (χ4v) is 1.53. The van der Waals surface area contributed by atoms with E-state index in [0.717, 1.165) is 0 Å². The molecule has 0 saturated heterocycles. The van der Waals surface area contributed by atoms with Crippen LogP contribution in [0.5, 0.6) is 0 Å². The Morgan fingerprint density at radius 3 is 2.70 bits per heavy atom. The molecular weight excluding hydrogens is 262 g/mol. The topological polar surface area (TPSA) is 124 Å². The number of hydrogen-bond acceptors (Lipinski definition) is 6. The summed E-state index contributed by atoms with van der Waals surface area (Å²) in [6, 6.07) is 4.42. The highest BCUT2D eigenvalue weighted by molar-refractivity contribution is 6.02. The number of amides is 1. The van der Waals surface area contributed by atoms with Gasteiger partial charge in [0.1, 0.15) is 11.5 Å². The molecule has 3 N–H and O–H groups in total. The molecule has 8 nitrogen and oxygen atoms in total.